The van der Waals surface area contributed by atoms with Crippen LogP contribution < -0.4 is 15.5 Å². The van der Waals surface area contributed by atoms with Gasteiger partial charge in [0.1, 0.15) is 0 Å². The molecule has 0 aromatic heterocycles. The van der Waals surface area contributed by atoms with Crippen LogP contribution in [0, 0.1) is 0 Å². The number of benzene rings is 1. The van der Waals surface area contributed by atoms with Crippen molar-refractivity contribution in [3.05, 3.63) is 35.9 Å². The molecule has 2 rings (SSSR count). The van der Waals surface area contributed by atoms with Gasteiger partial charge >= 0.3 is 0 Å². The first-order valence-corrected chi connectivity index (χ1v) is 8.10. The number of rotatable bonds is 5. The summed E-state index contributed by atoms with van der Waals surface area (Å²) >= 11 is 5.39. The Kier molecular flexibility index (Phi) is 6.27. The second-order valence-electron chi connectivity index (χ2n) is 5.59. The minimum absolute atomic E-state index is 0.548. The van der Waals surface area contributed by atoms with Gasteiger partial charge in [0.05, 0.1) is 19.6 Å². The average molecular weight is 292 g/mol. The first-order chi connectivity index (χ1) is 9.78. The Bertz CT molecular complexity index is 399. The third kappa shape index (κ3) is 5.10. The minimum atomic E-state index is 0.548. The fraction of sp³-hybridized carbons (Fsp3) is 0.562. The lowest BCUT2D eigenvalue weighted by Gasteiger charge is -2.30. The van der Waals surface area contributed by atoms with E-state index in [-0.39, 0.29) is 0 Å². The summed E-state index contributed by atoms with van der Waals surface area (Å²) < 4.78 is 0. The molecule has 1 aromatic rings. The summed E-state index contributed by atoms with van der Waals surface area (Å²) in [6, 6.07) is 10.9. The highest BCUT2D eigenvalue weighted by atomic mass is 32.1. The lowest BCUT2D eigenvalue weighted by atomic mass is 10.1. The van der Waals surface area contributed by atoms with Crippen molar-refractivity contribution >= 4 is 17.3 Å². The predicted octanol–water partition coefficient (Wildman–Crippen LogP) is 1.11. The van der Waals surface area contributed by atoms with Gasteiger partial charge in [-0.05, 0) is 24.2 Å². The molecule has 1 saturated heterocycles. The standard InChI is InChI=1S/C16H25N3S/c1-2-10-19-11-8-15(9-12-19)18-16(20)17-13-14-6-4-3-5-7-14/h3-7,15H,2,8-13H2,1H3,(H2,17,18,20)/p+1. The van der Waals surface area contributed by atoms with E-state index in [0.717, 1.165) is 11.7 Å². The van der Waals surface area contributed by atoms with Gasteiger partial charge in [-0.1, -0.05) is 37.3 Å². The van der Waals surface area contributed by atoms with Gasteiger partial charge in [-0.2, -0.15) is 0 Å². The van der Waals surface area contributed by atoms with Crippen LogP contribution in [0.2, 0.25) is 0 Å². The van der Waals surface area contributed by atoms with Crippen LogP contribution in [0.5, 0.6) is 0 Å². The molecule has 3 nitrogen and oxygen atoms in total. The van der Waals surface area contributed by atoms with Crippen LogP contribution >= 0.6 is 12.2 Å². The highest BCUT2D eigenvalue weighted by molar-refractivity contribution is 7.80. The van der Waals surface area contributed by atoms with Gasteiger partial charge < -0.3 is 15.5 Å². The SMILES string of the molecule is CCC[NH+]1CCC(NC(=S)NCc2ccccc2)CC1. The van der Waals surface area contributed by atoms with E-state index in [0.29, 0.717) is 6.04 Å². The van der Waals surface area contributed by atoms with Crippen molar-refractivity contribution in [2.45, 2.75) is 38.8 Å². The van der Waals surface area contributed by atoms with Crippen molar-refractivity contribution in [2.75, 3.05) is 19.6 Å². The number of nitrogens with one attached hydrogen (secondary N) is 3. The second-order valence-corrected chi connectivity index (χ2v) is 6.00. The number of quaternary nitrogens is 1. The van der Waals surface area contributed by atoms with Crippen LogP contribution in [0.15, 0.2) is 30.3 Å². The monoisotopic (exact) mass is 292 g/mol. The molecule has 4 heteroatoms. The maximum atomic E-state index is 5.39. The largest absolute Gasteiger partial charge is 0.360 e. The summed E-state index contributed by atoms with van der Waals surface area (Å²) in [4.78, 5) is 1.74. The second kappa shape index (κ2) is 8.22. The molecule has 0 amide bonds. The number of hydrogen-bond donors (Lipinski definition) is 3. The molecule has 1 aliphatic rings. The van der Waals surface area contributed by atoms with E-state index < -0.39 is 0 Å². The van der Waals surface area contributed by atoms with Gasteiger partial charge in [0.25, 0.3) is 0 Å². The molecule has 3 N–H and O–H groups in total. The molecule has 0 saturated carbocycles. The summed E-state index contributed by atoms with van der Waals surface area (Å²) in [5, 5.41) is 7.54. The fourth-order valence-corrected chi connectivity index (χ4v) is 3.03. The topological polar surface area (TPSA) is 28.5 Å². The molecule has 0 radical (unpaired) electrons. The third-order valence-corrected chi connectivity index (χ3v) is 4.19. The van der Waals surface area contributed by atoms with E-state index in [1.165, 1.54) is 44.5 Å². The highest BCUT2D eigenvalue weighted by Crippen LogP contribution is 2.00. The van der Waals surface area contributed by atoms with Crippen LogP contribution in [0.4, 0.5) is 0 Å². The van der Waals surface area contributed by atoms with Gasteiger partial charge in [-0.3, -0.25) is 0 Å². The van der Waals surface area contributed by atoms with Crippen molar-refractivity contribution in [1.29, 1.82) is 0 Å². The first-order valence-electron chi connectivity index (χ1n) is 7.69. The van der Waals surface area contributed by atoms with Crippen LogP contribution in [0.25, 0.3) is 0 Å². The normalized spacial score (nSPS) is 22.2. The van der Waals surface area contributed by atoms with Crippen LogP contribution in [-0.2, 0) is 6.54 Å². The minimum Gasteiger partial charge on any atom is -0.360 e. The van der Waals surface area contributed by atoms with Crippen molar-refractivity contribution in [1.82, 2.24) is 10.6 Å². The molecule has 0 aliphatic carbocycles. The zero-order chi connectivity index (χ0) is 14.2. The van der Waals surface area contributed by atoms with Crippen LogP contribution in [0.3, 0.4) is 0 Å². The first kappa shape index (κ1) is 15.3. The van der Waals surface area contributed by atoms with E-state index >= 15 is 0 Å². The Morgan fingerprint density at radius 1 is 1.25 bits per heavy atom. The lowest BCUT2D eigenvalue weighted by molar-refractivity contribution is -0.905. The smallest absolute Gasteiger partial charge is 0.166 e. The van der Waals surface area contributed by atoms with Crippen molar-refractivity contribution < 1.29 is 4.90 Å². The van der Waals surface area contributed by atoms with Gasteiger partial charge in [-0.15, -0.1) is 0 Å². The van der Waals surface area contributed by atoms with Gasteiger partial charge in [0.15, 0.2) is 5.11 Å². The molecular weight excluding hydrogens is 266 g/mol. The van der Waals surface area contributed by atoms with Gasteiger partial charge in [-0.25, -0.2) is 0 Å². The molecule has 0 unspecified atom stereocenters. The zero-order valence-corrected chi connectivity index (χ0v) is 13.1. The van der Waals surface area contributed by atoms with E-state index in [2.05, 4.69) is 41.8 Å². The molecule has 1 aliphatic heterocycles. The van der Waals surface area contributed by atoms with E-state index in [1.54, 1.807) is 4.90 Å². The van der Waals surface area contributed by atoms with E-state index in [9.17, 15) is 0 Å². The molecule has 1 heterocycles. The van der Waals surface area contributed by atoms with Crippen LogP contribution in [-0.4, -0.2) is 30.8 Å². The Morgan fingerprint density at radius 3 is 2.60 bits per heavy atom. The van der Waals surface area contributed by atoms with Crippen molar-refractivity contribution in [2.24, 2.45) is 0 Å². The molecule has 0 bridgehead atoms. The number of piperidine rings is 1. The van der Waals surface area contributed by atoms with Gasteiger partial charge in [0, 0.05) is 25.4 Å². The van der Waals surface area contributed by atoms with Crippen molar-refractivity contribution in [3.8, 4) is 0 Å². The summed E-state index contributed by atoms with van der Waals surface area (Å²) in [7, 11) is 0. The molecule has 20 heavy (non-hydrogen) atoms. The summed E-state index contributed by atoms with van der Waals surface area (Å²) in [6.45, 7) is 6.91. The summed E-state index contributed by atoms with van der Waals surface area (Å²) in [5.74, 6) is 0. The average Bonchev–Trinajstić information content (AvgIpc) is 2.49. The lowest BCUT2D eigenvalue weighted by Crippen LogP contribution is -3.13. The molecule has 1 fully saturated rings. The highest BCUT2D eigenvalue weighted by Gasteiger charge is 2.21. The molecule has 0 spiro atoms. The number of thiocarbonyl (C=S) groups is 1. The zero-order valence-electron chi connectivity index (χ0n) is 12.3. The van der Waals surface area contributed by atoms with Crippen molar-refractivity contribution in [3.63, 3.8) is 0 Å². The quantitative estimate of drug-likeness (QED) is 0.710. The van der Waals surface area contributed by atoms with Gasteiger partial charge in [0.2, 0.25) is 0 Å². The third-order valence-electron chi connectivity index (χ3n) is 3.93. The van der Waals surface area contributed by atoms with Crippen LogP contribution in [0.1, 0.15) is 31.7 Å². The Morgan fingerprint density at radius 2 is 1.95 bits per heavy atom. The summed E-state index contributed by atoms with van der Waals surface area (Å²) in [6.07, 6.45) is 3.73. The number of hydrogen-bond acceptors (Lipinski definition) is 1. The molecule has 110 valence electrons. The molecule has 1 aromatic carbocycles. The fourth-order valence-electron chi connectivity index (χ4n) is 2.79. The molecule has 0 atom stereocenters. The predicted molar refractivity (Wildman–Crippen MR) is 87.9 cm³/mol. The maximum absolute atomic E-state index is 5.39. The summed E-state index contributed by atoms with van der Waals surface area (Å²) in [5.41, 5.74) is 1.26. The molecular formula is C16H26N3S+. The number of likely N-dealkylation sites (tertiary alicyclic amines) is 1. The Labute approximate surface area is 127 Å². The maximum Gasteiger partial charge on any atom is 0.166 e. The van der Waals surface area contributed by atoms with E-state index in [1.807, 2.05) is 6.07 Å². The van der Waals surface area contributed by atoms with E-state index in [4.69, 9.17) is 12.2 Å². The Balaban J connectivity index is 1.65. The Hall–Kier alpha value is -1.13.